The Kier molecular flexibility index (Phi) is 8.23. The molecule has 1 aromatic heterocycles. The molecule has 0 saturated heterocycles. The van der Waals surface area contributed by atoms with Gasteiger partial charge in [0.15, 0.2) is 0 Å². The van der Waals surface area contributed by atoms with Gasteiger partial charge in [-0.05, 0) is 32.4 Å². The largest absolute Gasteiger partial charge is 0.520 e. The first kappa shape index (κ1) is 22.3. The average molecular weight is 604 g/mol. The average Bonchev–Trinajstić information content (AvgIpc) is 2.92. The summed E-state index contributed by atoms with van der Waals surface area (Å²) < 4.78 is 6.32. The van der Waals surface area contributed by atoms with E-state index in [1.165, 1.54) is 11.0 Å². The van der Waals surface area contributed by atoms with Gasteiger partial charge in [-0.15, -0.1) is 0 Å². The van der Waals surface area contributed by atoms with Crippen LogP contribution in [0.1, 0.15) is 26.3 Å². The Labute approximate surface area is 146 Å². The van der Waals surface area contributed by atoms with Crippen molar-refractivity contribution >= 4 is 29.7 Å². The van der Waals surface area contributed by atoms with E-state index in [2.05, 4.69) is 5.32 Å². The van der Waals surface area contributed by atoms with Gasteiger partial charge >= 0.3 is 5.97 Å². The van der Waals surface area contributed by atoms with Crippen LogP contribution in [0, 0.1) is 0 Å². The molecular weight excluding hydrogens is 581 g/mol. The standard InChI is InChI=1S/C13H11N2O4.C5H12O.Fm/c16-7-14-11(13(18)19)5-9-6-15(8-17)12-4-2-1-3-10(9)12;1-5(2,3)6-4;/h1-4,6,8,11H,5H2,(H,14,16)(H,18,19);1-4H3;/q-1;;. The molecule has 26 heavy (non-hydrogen) atoms. The van der Waals surface area contributed by atoms with Crippen molar-refractivity contribution in [1.29, 1.82) is 0 Å². The van der Waals surface area contributed by atoms with Crippen molar-refractivity contribution in [3.63, 3.8) is 0 Å². The van der Waals surface area contributed by atoms with Crippen molar-refractivity contribution in [3.8, 4) is 0 Å². The number of nitrogens with zero attached hydrogens (tertiary/aromatic N) is 1. The minimum atomic E-state index is -1.15. The SMILES string of the molecule is COC(C)(C)C.O=[C-]NC(Cc1cn(C=O)c2ccccc12)C(=O)O.[Fm]. The summed E-state index contributed by atoms with van der Waals surface area (Å²) in [7, 11) is 1.71. The zero-order chi connectivity index (χ0) is 19.0. The van der Waals surface area contributed by atoms with Gasteiger partial charge in [0.1, 0.15) is 6.04 Å². The molecule has 1 aromatic carbocycles. The van der Waals surface area contributed by atoms with Crippen LogP contribution in [-0.2, 0) is 25.5 Å². The molecule has 2 rings (SSSR count). The van der Waals surface area contributed by atoms with Gasteiger partial charge in [0.25, 0.3) is 0 Å². The maximum atomic E-state index is 11.0. The number of carbonyl (C=O) groups excluding carboxylic acids is 2. The Bertz CT molecular complexity index is 737. The van der Waals surface area contributed by atoms with E-state index in [1.54, 1.807) is 37.6 Å². The van der Waals surface area contributed by atoms with Crippen molar-refractivity contribution in [2.75, 3.05) is 7.11 Å². The molecule has 0 bridgehead atoms. The summed E-state index contributed by atoms with van der Waals surface area (Å²) in [6, 6.07) is 6.09. The van der Waals surface area contributed by atoms with Gasteiger partial charge in [-0.3, -0.25) is 14.2 Å². The van der Waals surface area contributed by atoms with Crippen molar-refractivity contribution in [2.45, 2.75) is 38.8 Å². The maximum Gasteiger partial charge on any atom is 0.323 e. The maximum absolute atomic E-state index is 11.0. The van der Waals surface area contributed by atoms with E-state index in [9.17, 15) is 14.4 Å². The Morgan fingerprint density at radius 1 is 1.38 bits per heavy atom. The number of benzene rings is 1. The second-order valence-electron chi connectivity index (χ2n) is 6.34. The zero-order valence-corrected chi connectivity index (χ0v) is 17.5. The molecule has 0 aliphatic heterocycles. The third-order valence-corrected chi connectivity index (χ3v) is 3.50. The fourth-order valence-electron chi connectivity index (χ4n) is 2.02. The second kappa shape index (κ2) is 9.58. The minimum absolute atomic E-state index is 0. The Balaban J connectivity index is 0.000000777. The normalized spacial score (nSPS) is 11.5. The van der Waals surface area contributed by atoms with Gasteiger partial charge in [0, 0.05) is 25.1 Å². The van der Waals surface area contributed by atoms with Crippen molar-refractivity contribution in [2.24, 2.45) is 0 Å². The van der Waals surface area contributed by atoms with E-state index in [0.717, 1.165) is 5.39 Å². The Morgan fingerprint density at radius 2 is 1.96 bits per heavy atom. The first-order valence-corrected chi connectivity index (χ1v) is 7.68. The summed E-state index contributed by atoms with van der Waals surface area (Å²) in [5.74, 6) is -1.15. The van der Waals surface area contributed by atoms with Gasteiger partial charge in [0.05, 0.1) is 11.1 Å². The molecule has 0 aliphatic carbocycles. The molecule has 7 nitrogen and oxygen atoms in total. The van der Waals surface area contributed by atoms with Crippen molar-refractivity contribution < 1.29 is 24.2 Å². The van der Waals surface area contributed by atoms with Gasteiger partial charge < -0.3 is 20.0 Å². The molecule has 1 atom stereocenters. The van der Waals surface area contributed by atoms with Crippen LogP contribution in [0.15, 0.2) is 30.5 Å². The van der Waals surface area contributed by atoms with Gasteiger partial charge in [-0.25, -0.2) is 0 Å². The number of methoxy groups -OCH3 is 1. The van der Waals surface area contributed by atoms with E-state index in [0.29, 0.717) is 17.5 Å². The first-order chi connectivity index (χ1) is 11.7. The van der Waals surface area contributed by atoms with E-state index < -0.39 is 12.0 Å². The third kappa shape index (κ3) is 6.09. The zero-order valence-electron chi connectivity index (χ0n) is 15.1. The van der Waals surface area contributed by atoms with E-state index in [4.69, 9.17) is 9.84 Å². The Morgan fingerprint density at radius 3 is 2.42 bits per heavy atom. The van der Waals surface area contributed by atoms with Crippen LogP contribution < -0.4 is 5.32 Å². The van der Waals surface area contributed by atoms with Crippen molar-refractivity contribution in [3.05, 3.63) is 36.0 Å². The fourth-order valence-corrected chi connectivity index (χ4v) is 2.02. The summed E-state index contributed by atoms with van der Waals surface area (Å²) in [5, 5.41) is 11.9. The second-order valence-corrected chi connectivity index (χ2v) is 6.34. The van der Waals surface area contributed by atoms with Gasteiger partial charge in [-0.2, -0.15) is 6.41 Å². The minimum Gasteiger partial charge on any atom is -0.520 e. The topological polar surface area (TPSA) is 97.6 Å². The number of fused-ring (bicyclic) bond motifs is 1. The molecule has 2 N–H and O–H groups in total. The van der Waals surface area contributed by atoms with Gasteiger partial charge in [0.2, 0.25) is 6.41 Å². The number of carbonyl (C=O) groups is 2. The number of rotatable bonds is 6. The first-order valence-electron chi connectivity index (χ1n) is 7.68. The van der Waals surface area contributed by atoms with Crippen LogP contribution in [-0.4, -0.2) is 47.2 Å². The van der Waals surface area contributed by atoms with E-state index in [-0.39, 0.29) is 12.0 Å². The van der Waals surface area contributed by atoms with Crippen LogP contribution in [0.5, 0.6) is 0 Å². The molecule has 0 saturated carbocycles. The molecule has 1 heterocycles. The number of aromatic nitrogens is 1. The monoisotopic (exact) mass is 604 g/mol. The molecule has 0 fully saturated rings. The Hall–Kier alpha value is -3.67. The number of ether oxygens (including phenoxy) is 1. The van der Waals surface area contributed by atoms with Gasteiger partial charge in [-0.1, -0.05) is 18.2 Å². The number of carboxylic acid groups (broad SMARTS) is 1. The summed E-state index contributed by atoms with van der Waals surface area (Å²) in [4.78, 5) is 32.2. The summed E-state index contributed by atoms with van der Waals surface area (Å²) in [6.45, 7) is 6.06. The summed E-state index contributed by atoms with van der Waals surface area (Å²) >= 11 is 0. The predicted molar refractivity (Wildman–Crippen MR) is 94.8 cm³/mol. The smallest absolute Gasteiger partial charge is 0.323 e. The molecule has 1 amide bonds. The summed E-state index contributed by atoms with van der Waals surface area (Å²) in [5.41, 5.74) is 1.42. The number of para-hydroxylation sites is 1. The molecule has 0 aliphatic rings. The van der Waals surface area contributed by atoms with Crippen LogP contribution >= 0.6 is 0 Å². The van der Waals surface area contributed by atoms with Crippen molar-refractivity contribution in [1.82, 2.24) is 9.88 Å². The van der Waals surface area contributed by atoms with Crippen LogP contribution in [0.25, 0.3) is 10.9 Å². The molecule has 8 heteroatoms. The molecule has 1 unspecified atom stereocenters. The van der Waals surface area contributed by atoms with E-state index >= 15 is 0 Å². The number of carboxylic acids is 1. The number of amides is 1. The predicted octanol–water partition coefficient (Wildman–Crippen LogP) is 1.76. The molecule has 148 valence electrons. The number of aliphatic carboxylic acids is 1. The third-order valence-electron chi connectivity index (χ3n) is 3.50. The fraction of sp³-hybridized carbons (Fsp3) is 0.389. The molecule has 0 radical (unpaired) electrons. The molecule has 2 aromatic rings. The van der Waals surface area contributed by atoms with Crippen LogP contribution in [0.2, 0.25) is 0 Å². The molecule has 0 spiro atoms. The molecular formula is C18H23FmN2O5-. The number of hydrogen-bond acceptors (Lipinski definition) is 4. The quantitative estimate of drug-likeness (QED) is 0.298. The van der Waals surface area contributed by atoms with E-state index in [1.807, 2.05) is 20.8 Å². The number of hydrogen-bond donors (Lipinski definition) is 2. The number of nitrogens with one attached hydrogen (secondary N) is 1. The van der Waals surface area contributed by atoms with Crippen LogP contribution in [0.4, 0.5) is 0 Å². The van der Waals surface area contributed by atoms with Crippen LogP contribution in [0.3, 0.4) is 0 Å². The summed E-state index contributed by atoms with van der Waals surface area (Å²) in [6.07, 6.45) is 3.69.